The predicted octanol–water partition coefficient (Wildman–Crippen LogP) is 7.30. The number of alkyl halides is 20. The number of ether oxygens (including phenoxy) is 1. The van der Waals surface area contributed by atoms with Gasteiger partial charge >= 0.3 is 53.5 Å². The third kappa shape index (κ3) is 4.52. The predicted molar refractivity (Wildman–Crippen MR) is 76.5 cm³/mol. The zero-order valence-corrected chi connectivity index (χ0v) is 17.2. The van der Waals surface area contributed by atoms with E-state index >= 15 is 0 Å². The second-order valence-electron chi connectivity index (χ2n) is 6.09. The van der Waals surface area contributed by atoms with Crippen LogP contribution in [0.5, 0.6) is 0 Å². The Hall–Kier alpha value is -0.850. The highest BCUT2D eigenvalue weighted by molar-refractivity contribution is 6.75. The van der Waals surface area contributed by atoms with Crippen molar-refractivity contribution in [1.82, 2.24) is 0 Å². The molecule has 0 spiro atoms. The van der Waals surface area contributed by atoms with Crippen molar-refractivity contribution in [3.05, 3.63) is 0 Å². The maximum atomic E-state index is 13.5. The molecule has 22 heteroatoms. The zero-order chi connectivity index (χ0) is 28.4. The lowest BCUT2D eigenvalue weighted by Gasteiger charge is -2.43. The van der Waals surface area contributed by atoms with Gasteiger partial charge in [-0.05, 0) is 6.92 Å². The van der Waals surface area contributed by atoms with E-state index in [1.165, 1.54) is 0 Å². The summed E-state index contributed by atoms with van der Waals surface area (Å²) in [6, 6.07) is 0. The Morgan fingerprint density at radius 1 is 0.588 bits per heavy atom. The normalized spacial score (nSPS) is 17.0. The van der Waals surface area contributed by atoms with E-state index in [-0.39, 0.29) is 0 Å². The molecule has 0 fully saturated rings. The van der Waals surface area contributed by atoms with E-state index in [1.807, 2.05) is 0 Å². The van der Waals surface area contributed by atoms with Gasteiger partial charge in [-0.2, -0.15) is 70.2 Å². The minimum Gasteiger partial charge on any atom is -0.393 e. The van der Waals surface area contributed by atoms with Crippen LogP contribution in [0.2, 0.25) is 0 Å². The molecule has 0 aromatic carbocycles. The Balaban J connectivity index is 6.80. The fraction of sp³-hybridized carbons (Fsp3) is 0.917. The third-order valence-corrected chi connectivity index (χ3v) is 4.17. The molecule has 0 aromatic heterocycles. The first-order chi connectivity index (χ1) is 14.3. The van der Waals surface area contributed by atoms with Gasteiger partial charge in [0.1, 0.15) is 0 Å². The van der Waals surface area contributed by atoms with Gasteiger partial charge in [0.05, 0.1) is 0 Å². The SMILES string of the molecule is CC(F)C(F)(F)C(F)(F)C(F)(F)C(F)(F)C(F)(F)C(F)(F)C(F)(F)C(F)(F)OC(=O)C(Cl)(Cl)Cl. The number of hydrogen-bond acceptors (Lipinski definition) is 2. The first-order valence-electron chi connectivity index (χ1n) is 7.29. The molecule has 1 unspecified atom stereocenters. The fourth-order valence-corrected chi connectivity index (χ4v) is 1.78. The van der Waals surface area contributed by atoms with E-state index < -0.39 is 70.4 Å². The molecule has 0 amide bonds. The van der Waals surface area contributed by atoms with Crippen LogP contribution in [0.4, 0.5) is 74.6 Å². The van der Waals surface area contributed by atoms with Crippen molar-refractivity contribution in [3.8, 4) is 0 Å². The molecule has 0 aliphatic rings. The van der Waals surface area contributed by atoms with Crippen molar-refractivity contribution in [2.75, 3.05) is 0 Å². The van der Waals surface area contributed by atoms with Crippen LogP contribution in [0.3, 0.4) is 0 Å². The van der Waals surface area contributed by atoms with Crippen LogP contribution in [-0.2, 0) is 9.53 Å². The molecule has 1 atom stereocenters. The van der Waals surface area contributed by atoms with E-state index in [4.69, 9.17) is 0 Å². The summed E-state index contributed by atoms with van der Waals surface area (Å²) in [4.78, 5) is 10.8. The summed E-state index contributed by atoms with van der Waals surface area (Å²) in [5.74, 6) is -61.2. The van der Waals surface area contributed by atoms with Crippen LogP contribution in [0, 0.1) is 0 Å². The monoisotopic (exact) mass is 608 g/mol. The van der Waals surface area contributed by atoms with Gasteiger partial charge in [-0.3, -0.25) is 0 Å². The highest BCUT2D eigenvalue weighted by atomic mass is 35.6. The molecule has 0 heterocycles. The van der Waals surface area contributed by atoms with E-state index in [0.717, 1.165) is 0 Å². The van der Waals surface area contributed by atoms with Crippen LogP contribution < -0.4 is 0 Å². The molecule has 0 aliphatic carbocycles. The first-order valence-corrected chi connectivity index (χ1v) is 8.42. The summed E-state index contributed by atoms with van der Waals surface area (Å²) < 4.78 is 225. The topological polar surface area (TPSA) is 26.3 Å². The van der Waals surface area contributed by atoms with Crippen molar-refractivity contribution in [2.24, 2.45) is 0 Å². The Kier molecular flexibility index (Phi) is 8.41. The number of carbonyl (C=O) groups is 1. The van der Waals surface area contributed by atoms with Gasteiger partial charge in [0, 0.05) is 0 Å². The third-order valence-electron chi connectivity index (χ3n) is 3.71. The van der Waals surface area contributed by atoms with Gasteiger partial charge in [0.15, 0.2) is 6.17 Å². The fourth-order valence-electron chi connectivity index (χ4n) is 1.67. The number of halogens is 20. The van der Waals surface area contributed by atoms with Crippen LogP contribution >= 0.6 is 34.8 Å². The highest BCUT2D eigenvalue weighted by Gasteiger charge is 2.95. The maximum Gasteiger partial charge on any atom is 0.473 e. The number of rotatable bonds is 9. The summed E-state index contributed by atoms with van der Waals surface area (Å²) in [5, 5.41) is 0. The molecule has 204 valence electrons. The van der Waals surface area contributed by atoms with E-state index in [1.54, 1.807) is 0 Å². The number of esters is 1. The van der Waals surface area contributed by atoms with Crippen molar-refractivity contribution < 1.29 is 84.2 Å². The average Bonchev–Trinajstić information content (AvgIpc) is 2.58. The number of carbonyl (C=O) groups excluding carboxylic acids is 1. The molecular formula is C12H4Cl3F17O2. The smallest absolute Gasteiger partial charge is 0.393 e. The van der Waals surface area contributed by atoms with Gasteiger partial charge < -0.3 is 4.74 Å². The Bertz CT molecular complexity index is 774. The van der Waals surface area contributed by atoms with Crippen LogP contribution in [-0.4, -0.2) is 63.5 Å². The Labute approximate surface area is 190 Å². The summed E-state index contributed by atoms with van der Waals surface area (Å²) in [6.07, 6.45) is -12.0. The molecule has 0 aromatic rings. The van der Waals surface area contributed by atoms with Crippen molar-refractivity contribution in [2.45, 2.75) is 64.5 Å². The molecule has 0 radical (unpaired) electrons. The van der Waals surface area contributed by atoms with Gasteiger partial charge in [-0.15, -0.1) is 0 Å². The van der Waals surface area contributed by atoms with E-state index in [9.17, 15) is 79.4 Å². The van der Waals surface area contributed by atoms with E-state index in [2.05, 4.69) is 39.5 Å². The molecule has 34 heavy (non-hydrogen) atoms. The quantitative estimate of drug-likeness (QED) is 0.156. The summed E-state index contributed by atoms with van der Waals surface area (Å²) >= 11 is 13.6. The van der Waals surface area contributed by atoms with Crippen molar-refractivity contribution >= 4 is 40.8 Å². The lowest BCUT2D eigenvalue weighted by molar-refractivity contribution is -0.469. The van der Waals surface area contributed by atoms with Crippen LogP contribution in [0.15, 0.2) is 0 Å². The maximum absolute atomic E-state index is 13.5. The largest absolute Gasteiger partial charge is 0.473 e. The molecule has 0 aliphatic heterocycles. The zero-order valence-electron chi connectivity index (χ0n) is 15.0. The molecular weight excluding hydrogens is 605 g/mol. The second kappa shape index (κ2) is 8.62. The van der Waals surface area contributed by atoms with E-state index in [0.29, 0.717) is 0 Å². The molecule has 0 bridgehead atoms. The number of hydrogen-bond donors (Lipinski definition) is 0. The summed E-state index contributed by atoms with van der Waals surface area (Å²) in [7, 11) is 0. The van der Waals surface area contributed by atoms with Crippen molar-refractivity contribution in [3.63, 3.8) is 0 Å². The molecule has 0 N–H and O–H groups in total. The van der Waals surface area contributed by atoms with Gasteiger partial charge in [-0.25, -0.2) is 9.18 Å². The lowest BCUT2D eigenvalue weighted by atomic mass is 9.88. The second-order valence-corrected chi connectivity index (χ2v) is 8.37. The first kappa shape index (κ1) is 33.1. The molecule has 0 rings (SSSR count). The summed E-state index contributed by atoms with van der Waals surface area (Å²) in [5.41, 5.74) is 0. The molecule has 0 saturated carbocycles. The van der Waals surface area contributed by atoms with Crippen LogP contribution in [0.25, 0.3) is 0 Å². The Morgan fingerprint density at radius 2 is 0.853 bits per heavy atom. The van der Waals surface area contributed by atoms with Gasteiger partial charge in [-0.1, -0.05) is 34.8 Å². The average molecular weight is 609 g/mol. The molecule has 0 saturated heterocycles. The van der Waals surface area contributed by atoms with Gasteiger partial charge in [0.2, 0.25) is 0 Å². The summed E-state index contributed by atoms with van der Waals surface area (Å²) in [6.45, 7) is -0.706. The molecule has 2 nitrogen and oxygen atoms in total. The van der Waals surface area contributed by atoms with Crippen molar-refractivity contribution in [1.29, 1.82) is 0 Å². The standard InChI is InChI=1S/C12H4Cl3F17O2/c1-2(16)4(17,18)6(19,20)7(21,22)8(23,24)9(25,26)10(27,28)11(29,30)12(31,32)34-3(33)5(13,14)15/h2H,1H3. The minimum atomic E-state index is -8.78. The lowest BCUT2D eigenvalue weighted by Crippen LogP contribution is -2.75. The minimum absolute atomic E-state index is 0.706. The Morgan fingerprint density at radius 3 is 1.12 bits per heavy atom. The van der Waals surface area contributed by atoms with Crippen LogP contribution in [0.1, 0.15) is 6.92 Å². The van der Waals surface area contributed by atoms with Gasteiger partial charge in [0.25, 0.3) is 3.79 Å². The highest BCUT2D eigenvalue weighted by Crippen LogP contribution is 2.64.